The minimum Gasteiger partial charge on any atom is -0.355 e. The maximum absolute atomic E-state index is 11.8. The standard InChI is InChI=1S/C13H13N4O2/c1-6-4-8-9(5-7(6)2)17(3)11-10(14-8)12(18)16-13(19)15-11/h4-5,14H,1-3H3,(H,16,18,19)/p+1. The van der Waals surface area contributed by atoms with E-state index in [0.717, 1.165) is 22.5 Å². The van der Waals surface area contributed by atoms with Crippen LogP contribution in [0.1, 0.15) is 11.1 Å². The van der Waals surface area contributed by atoms with E-state index in [-0.39, 0.29) is 0 Å². The van der Waals surface area contributed by atoms with Crippen LogP contribution in [0.15, 0.2) is 12.1 Å². The van der Waals surface area contributed by atoms with E-state index in [9.17, 15) is 9.59 Å². The summed E-state index contributed by atoms with van der Waals surface area (Å²) >= 11 is 0. The van der Waals surface area contributed by atoms with Gasteiger partial charge in [-0.15, -0.1) is 0 Å². The second-order valence-electron chi connectivity index (χ2n) is 4.77. The number of hydrogen-bond acceptors (Lipinski definition) is 3. The molecule has 1 aromatic rings. The first-order chi connectivity index (χ1) is 8.97. The molecule has 0 saturated carbocycles. The van der Waals surface area contributed by atoms with E-state index < -0.39 is 11.9 Å². The Morgan fingerprint density at radius 2 is 1.68 bits per heavy atom. The van der Waals surface area contributed by atoms with Crippen LogP contribution in [0.2, 0.25) is 0 Å². The summed E-state index contributed by atoms with van der Waals surface area (Å²) in [6, 6.07) is 3.87. The highest BCUT2D eigenvalue weighted by atomic mass is 16.2. The summed E-state index contributed by atoms with van der Waals surface area (Å²) < 4.78 is 1.81. The molecular formula is C13H14N4O2+. The van der Waals surface area contributed by atoms with E-state index in [1.807, 2.05) is 37.6 Å². The molecule has 3 rings (SSSR count). The molecule has 0 aromatic heterocycles. The summed E-state index contributed by atoms with van der Waals surface area (Å²) in [5.74, 6) is 0.0546. The van der Waals surface area contributed by atoms with Gasteiger partial charge in [-0.2, -0.15) is 5.32 Å². The minimum atomic E-state index is -0.510. The number of hydrogen-bond donors (Lipinski definition) is 3. The minimum absolute atomic E-state index is 0.359. The third-order valence-corrected chi connectivity index (χ3v) is 3.49. The molecule has 1 aromatic carbocycles. The van der Waals surface area contributed by atoms with Crippen LogP contribution in [0.3, 0.4) is 0 Å². The van der Waals surface area contributed by atoms with E-state index >= 15 is 0 Å². The lowest BCUT2D eigenvalue weighted by Gasteiger charge is -2.27. The lowest BCUT2D eigenvalue weighted by atomic mass is 10.0. The molecule has 3 amide bonds. The average Bonchev–Trinajstić information content (AvgIpc) is 2.34. The summed E-state index contributed by atoms with van der Waals surface area (Å²) in [4.78, 5) is 23.2. The van der Waals surface area contributed by atoms with E-state index in [0.29, 0.717) is 11.9 Å². The number of carbonyl (C=O) groups is 2. The molecule has 97 valence electrons. The zero-order valence-electron chi connectivity index (χ0n) is 10.9. The summed E-state index contributed by atoms with van der Waals surface area (Å²) in [5.41, 5.74) is 4.08. The number of nitrogens with one attached hydrogen (secondary N) is 3. The fraction of sp³-hybridized carbons (Fsp3) is 0.231. The van der Waals surface area contributed by atoms with Gasteiger partial charge in [0.2, 0.25) is 0 Å². The van der Waals surface area contributed by atoms with Crippen molar-refractivity contribution in [2.24, 2.45) is 0 Å². The molecule has 6 nitrogen and oxygen atoms in total. The molecule has 2 aliphatic rings. The lowest BCUT2D eigenvalue weighted by Crippen LogP contribution is -2.60. The van der Waals surface area contributed by atoms with E-state index in [4.69, 9.17) is 0 Å². The first-order valence-electron chi connectivity index (χ1n) is 5.96. The molecule has 2 aliphatic heterocycles. The summed E-state index contributed by atoms with van der Waals surface area (Å²) in [6.07, 6.45) is 0. The van der Waals surface area contributed by atoms with Crippen LogP contribution in [-0.2, 0) is 4.79 Å². The topological polar surface area (TPSA) is 73.2 Å². The zero-order chi connectivity index (χ0) is 13.7. The number of rotatable bonds is 0. The van der Waals surface area contributed by atoms with E-state index in [1.165, 1.54) is 0 Å². The Morgan fingerprint density at radius 1 is 1.00 bits per heavy atom. The van der Waals surface area contributed by atoms with Gasteiger partial charge in [-0.1, -0.05) is 0 Å². The fourth-order valence-electron chi connectivity index (χ4n) is 2.28. The summed E-state index contributed by atoms with van der Waals surface area (Å²) in [5, 5.41) is 7.94. The normalized spacial score (nSPS) is 18.3. The van der Waals surface area contributed by atoms with Crippen molar-refractivity contribution < 1.29 is 14.2 Å². The van der Waals surface area contributed by atoms with Crippen molar-refractivity contribution >= 4 is 29.1 Å². The van der Waals surface area contributed by atoms with Gasteiger partial charge in [0.05, 0.1) is 12.7 Å². The number of aryl methyl sites for hydroxylation is 2. The van der Waals surface area contributed by atoms with E-state index in [1.54, 1.807) is 0 Å². The van der Waals surface area contributed by atoms with Gasteiger partial charge in [0.15, 0.2) is 0 Å². The third kappa shape index (κ3) is 1.68. The molecule has 1 fully saturated rings. The van der Waals surface area contributed by atoms with Crippen molar-refractivity contribution in [1.29, 1.82) is 0 Å². The van der Waals surface area contributed by atoms with Crippen LogP contribution in [0.4, 0.5) is 16.2 Å². The number of anilines is 1. The van der Waals surface area contributed by atoms with Gasteiger partial charge in [-0.05, 0) is 37.1 Å². The van der Waals surface area contributed by atoms with Crippen LogP contribution in [0.5, 0.6) is 0 Å². The smallest absolute Gasteiger partial charge is 0.355 e. The Balaban J connectivity index is 2.18. The highest BCUT2D eigenvalue weighted by molar-refractivity contribution is 6.28. The van der Waals surface area contributed by atoms with Crippen molar-refractivity contribution in [3.05, 3.63) is 29.3 Å². The number of urea groups is 1. The highest BCUT2D eigenvalue weighted by Gasteiger charge is 2.44. The Hall–Kier alpha value is -2.37. The van der Waals surface area contributed by atoms with Gasteiger partial charge in [0, 0.05) is 0 Å². The number of amidine groups is 1. The average molecular weight is 258 g/mol. The molecule has 0 bridgehead atoms. The molecule has 1 radical (unpaired) electrons. The molecule has 2 heterocycles. The molecule has 0 spiro atoms. The maximum atomic E-state index is 11.8. The molecule has 0 atom stereocenters. The van der Waals surface area contributed by atoms with Crippen LogP contribution < -0.4 is 16.0 Å². The van der Waals surface area contributed by atoms with Crippen molar-refractivity contribution in [1.82, 2.24) is 10.6 Å². The van der Waals surface area contributed by atoms with Gasteiger partial charge >= 0.3 is 6.03 Å². The zero-order valence-corrected chi connectivity index (χ0v) is 10.9. The van der Waals surface area contributed by atoms with Crippen molar-refractivity contribution in [2.75, 3.05) is 12.4 Å². The number of carbonyl (C=O) groups excluding carboxylic acids is 2. The highest BCUT2D eigenvalue weighted by Crippen LogP contribution is 2.33. The van der Waals surface area contributed by atoms with Gasteiger partial charge < -0.3 is 5.32 Å². The molecule has 3 N–H and O–H groups in total. The Kier molecular flexibility index (Phi) is 2.35. The molecule has 6 heteroatoms. The molecule has 0 aliphatic carbocycles. The van der Waals surface area contributed by atoms with Gasteiger partial charge in [-0.3, -0.25) is 10.1 Å². The van der Waals surface area contributed by atoms with Gasteiger partial charge in [0.25, 0.3) is 17.8 Å². The van der Waals surface area contributed by atoms with Gasteiger partial charge in [-0.25, -0.2) is 9.37 Å². The molecule has 1 saturated heterocycles. The Bertz CT molecular complexity index is 648. The molecule has 19 heavy (non-hydrogen) atoms. The van der Waals surface area contributed by atoms with Crippen LogP contribution in [0, 0.1) is 19.9 Å². The number of nitrogens with zero attached hydrogens (tertiary/aromatic N) is 1. The number of fused-ring (bicyclic) bond motifs is 2. The molecule has 0 unspecified atom stereocenters. The maximum Gasteiger partial charge on any atom is 0.413 e. The van der Waals surface area contributed by atoms with Gasteiger partial charge in [0.1, 0.15) is 5.69 Å². The van der Waals surface area contributed by atoms with Crippen LogP contribution >= 0.6 is 0 Å². The third-order valence-electron chi connectivity index (χ3n) is 3.49. The number of benzene rings is 1. The predicted molar refractivity (Wildman–Crippen MR) is 70.3 cm³/mol. The second-order valence-corrected chi connectivity index (χ2v) is 4.77. The first kappa shape index (κ1) is 11.7. The van der Waals surface area contributed by atoms with Crippen molar-refractivity contribution in [3.8, 4) is 0 Å². The Morgan fingerprint density at radius 3 is 2.42 bits per heavy atom. The monoisotopic (exact) mass is 258 g/mol. The van der Waals surface area contributed by atoms with E-state index in [2.05, 4.69) is 16.0 Å². The fourth-order valence-corrected chi connectivity index (χ4v) is 2.28. The van der Waals surface area contributed by atoms with Crippen molar-refractivity contribution in [2.45, 2.75) is 13.8 Å². The lowest BCUT2D eigenvalue weighted by molar-refractivity contribution is -0.407. The number of imide groups is 1. The number of amides is 3. The quantitative estimate of drug-likeness (QED) is 0.602. The largest absolute Gasteiger partial charge is 0.413 e. The summed E-state index contributed by atoms with van der Waals surface area (Å²) in [6.45, 7) is 4.05. The van der Waals surface area contributed by atoms with Crippen LogP contribution in [0.25, 0.3) is 0 Å². The SMILES string of the molecule is Cc1cc2c(cc1C)[N+](C)=C1NC(=O)NC(=O)[C]1N2. The second kappa shape index (κ2) is 3.81. The van der Waals surface area contributed by atoms with Crippen LogP contribution in [-0.4, -0.2) is 29.4 Å². The summed E-state index contributed by atoms with van der Waals surface area (Å²) in [7, 11) is 1.82. The predicted octanol–water partition coefficient (Wildman–Crippen LogP) is 0.773. The van der Waals surface area contributed by atoms with Crippen molar-refractivity contribution in [3.63, 3.8) is 0 Å². The first-order valence-corrected chi connectivity index (χ1v) is 5.96. The molecular weight excluding hydrogens is 244 g/mol. The Labute approximate surface area is 110 Å².